The minimum absolute atomic E-state index is 0.323. The molecule has 0 atom stereocenters. The van der Waals surface area contributed by atoms with Gasteiger partial charge in [-0.05, 0) is 48.6 Å². The van der Waals surface area contributed by atoms with Crippen LogP contribution < -0.4 is 0 Å². The summed E-state index contributed by atoms with van der Waals surface area (Å²) in [6, 6.07) is 12.5. The van der Waals surface area contributed by atoms with E-state index in [4.69, 9.17) is 0 Å². The van der Waals surface area contributed by atoms with Gasteiger partial charge in [0.05, 0.1) is 0 Å². The van der Waals surface area contributed by atoms with E-state index in [1.165, 1.54) is 29.7 Å². The molecule has 2 aromatic rings. The fraction of sp³-hybridized carbons (Fsp3) is 0.389. The SMILES string of the molecule is O=C(CCCc1cccs1)c1ccccc1C1CCC1. The van der Waals surface area contributed by atoms with E-state index in [1.807, 2.05) is 12.1 Å². The van der Waals surface area contributed by atoms with Crippen molar-refractivity contribution in [2.24, 2.45) is 0 Å². The highest BCUT2D eigenvalue weighted by Crippen LogP contribution is 2.38. The van der Waals surface area contributed by atoms with Gasteiger partial charge in [-0.25, -0.2) is 0 Å². The van der Waals surface area contributed by atoms with Crippen LogP contribution in [-0.4, -0.2) is 5.78 Å². The van der Waals surface area contributed by atoms with Crippen molar-refractivity contribution in [3.05, 3.63) is 57.8 Å². The second kappa shape index (κ2) is 6.36. The highest BCUT2D eigenvalue weighted by molar-refractivity contribution is 7.09. The standard InChI is InChI=1S/C18H20OS/c19-18(12-4-8-15-9-5-13-20-15)17-11-2-1-10-16(17)14-6-3-7-14/h1-2,5,9-11,13-14H,3-4,6-8,12H2. The molecule has 1 aliphatic rings. The first-order valence-corrected chi connectivity index (χ1v) is 8.37. The Morgan fingerprint density at radius 3 is 2.70 bits per heavy atom. The monoisotopic (exact) mass is 284 g/mol. The molecule has 1 nitrogen and oxygen atoms in total. The van der Waals surface area contributed by atoms with Gasteiger partial charge in [0.1, 0.15) is 0 Å². The van der Waals surface area contributed by atoms with Gasteiger partial charge in [-0.2, -0.15) is 0 Å². The molecule has 0 aliphatic heterocycles. The van der Waals surface area contributed by atoms with Crippen LogP contribution in [0.1, 0.15) is 58.8 Å². The largest absolute Gasteiger partial charge is 0.294 e. The lowest BCUT2D eigenvalue weighted by Gasteiger charge is -2.27. The fourth-order valence-electron chi connectivity index (χ4n) is 2.84. The van der Waals surface area contributed by atoms with E-state index in [-0.39, 0.29) is 0 Å². The molecule has 0 saturated heterocycles. The molecule has 3 rings (SSSR count). The molecule has 1 saturated carbocycles. The van der Waals surface area contributed by atoms with E-state index in [1.54, 1.807) is 11.3 Å². The van der Waals surface area contributed by atoms with Crippen molar-refractivity contribution in [3.8, 4) is 0 Å². The van der Waals surface area contributed by atoms with Crippen molar-refractivity contribution in [2.45, 2.75) is 44.4 Å². The molecule has 0 unspecified atom stereocenters. The maximum atomic E-state index is 12.4. The van der Waals surface area contributed by atoms with Crippen LogP contribution in [0, 0.1) is 0 Å². The fourth-order valence-corrected chi connectivity index (χ4v) is 3.59. The smallest absolute Gasteiger partial charge is 0.163 e. The van der Waals surface area contributed by atoms with E-state index >= 15 is 0 Å². The average Bonchev–Trinajstić information content (AvgIpc) is 2.90. The van der Waals surface area contributed by atoms with Gasteiger partial charge in [0, 0.05) is 16.9 Å². The van der Waals surface area contributed by atoms with Crippen LogP contribution in [0.3, 0.4) is 0 Å². The first kappa shape index (κ1) is 13.6. The number of carbonyl (C=O) groups is 1. The summed E-state index contributed by atoms with van der Waals surface area (Å²) in [6.07, 6.45) is 6.46. The number of Topliss-reactive ketones (excluding diaryl/α,β-unsaturated/α-hetero) is 1. The van der Waals surface area contributed by atoms with Crippen LogP contribution in [0.2, 0.25) is 0 Å². The van der Waals surface area contributed by atoms with E-state index in [0.717, 1.165) is 18.4 Å². The third-order valence-electron chi connectivity index (χ3n) is 4.21. The highest BCUT2D eigenvalue weighted by atomic mass is 32.1. The van der Waals surface area contributed by atoms with Gasteiger partial charge >= 0.3 is 0 Å². The Bertz CT molecular complexity index is 567. The van der Waals surface area contributed by atoms with E-state index < -0.39 is 0 Å². The number of thiophene rings is 1. The average molecular weight is 284 g/mol. The van der Waals surface area contributed by atoms with Gasteiger partial charge in [0.2, 0.25) is 0 Å². The zero-order valence-corrected chi connectivity index (χ0v) is 12.5. The second-order valence-electron chi connectivity index (χ2n) is 5.57. The summed E-state index contributed by atoms with van der Waals surface area (Å²) in [4.78, 5) is 13.8. The van der Waals surface area contributed by atoms with E-state index in [2.05, 4.69) is 29.6 Å². The Hall–Kier alpha value is -1.41. The molecule has 2 heteroatoms. The quantitative estimate of drug-likeness (QED) is 0.664. The summed E-state index contributed by atoms with van der Waals surface area (Å²) in [7, 11) is 0. The lowest BCUT2D eigenvalue weighted by atomic mass is 9.77. The van der Waals surface area contributed by atoms with Crippen LogP contribution in [0.15, 0.2) is 41.8 Å². The number of hydrogen-bond donors (Lipinski definition) is 0. The summed E-state index contributed by atoms with van der Waals surface area (Å²) in [6.45, 7) is 0. The van der Waals surface area contributed by atoms with Crippen LogP contribution in [0.4, 0.5) is 0 Å². The number of hydrogen-bond acceptors (Lipinski definition) is 2. The van der Waals surface area contributed by atoms with Crippen molar-refractivity contribution < 1.29 is 4.79 Å². The van der Waals surface area contributed by atoms with Crippen molar-refractivity contribution in [1.29, 1.82) is 0 Å². The van der Waals surface area contributed by atoms with E-state index in [9.17, 15) is 4.79 Å². The Balaban J connectivity index is 1.61. The number of aryl methyl sites for hydroxylation is 1. The zero-order chi connectivity index (χ0) is 13.8. The molecule has 0 N–H and O–H groups in total. The molecule has 104 valence electrons. The van der Waals surface area contributed by atoms with E-state index in [0.29, 0.717) is 18.1 Å². The van der Waals surface area contributed by atoms with Crippen LogP contribution in [0.5, 0.6) is 0 Å². The molecular formula is C18H20OS. The molecule has 0 amide bonds. The maximum absolute atomic E-state index is 12.4. The summed E-state index contributed by atoms with van der Waals surface area (Å²) in [5.41, 5.74) is 2.27. The summed E-state index contributed by atoms with van der Waals surface area (Å²) in [5.74, 6) is 0.955. The minimum Gasteiger partial charge on any atom is -0.294 e. The summed E-state index contributed by atoms with van der Waals surface area (Å²) < 4.78 is 0. The van der Waals surface area contributed by atoms with Gasteiger partial charge in [-0.15, -0.1) is 11.3 Å². The van der Waals surface area contributed by atoms with Crippen LogP contribution in [0.25, 0.3) is 0 Å². The summed E-state index contributed by atoms with van der Waals surface area (Å²) in [5, 5.41) is 2.10. The predicted octanol–water partition coefficient (Wildman–Crippen LogP) is 5.22. The molecule has 20 heavy (non-hydrogen) atoms. The first-order valence-electron chi connectivity index (χ1n) is 7.49. The van der Waals surface area contributed by atoms with Gasteiger partial charge in [-0.1, -0.05) is 36.8 Å². The Kier molecular flexibility index (Phi) is 4.31. The molecule has 1 aliphatic carbocycles. The Morgan fingerprint density at radius 2 is 2.00 bits per heavy atom. The lowest BCUT2D eigenvalue weighted by Crippen LogP contribution is -2.14. The molecule has 0 spiro atoms. The van der Waals surface area contributed by atoms with Gasteiger partial charge in [-0.3, -0.25) is 4.79 Å². The van der Waals surface area contributed by atoms with Gasteiger partial charge < -0.3 is 0 Å². The first-order chi connectivity index (χ1) is 9.84. The predicted molar refractivity (Wildman–Crippen MR) is 84.6 cm³/mol. The number of ketones is 1. The third kappa shape index (κ3) is 3.01. The molecule has 1 aromatic heterocycles. The molecule has 1 aromatic carbocycles. The maximum Gasteiger partial charge on any atom is 0.163 e. The zero-order valence-electron chi connectivity index (χ0n) is 11.7. The van der Waals surface area contributed by atoms with Crippen LogP contribution in [-0.2, 0) is 6.42 Å². The second-order valence-corrected chi connectivity index (χ2v) is 6.60. The topological polar surface area (TPSA) is 17.1 Å². The highest BCUT2D eigenvalue weighted by Gasteiger charge is 2.23. The molecular weight excluding hydrogens is 264 g/mol. The van der Waals surface area contributed by atoms with Gasteiger partial charge in [0.15, 0.2) is 5.78 Å². The van der Waals surface area contributed by atoms with Crippen LogP contribution >= 0.6 is 11.3 Å². The lowest BCUT2D eigenvalue weighted by molar-refractivity contribution is 0.0978. The molecule has 1 fully saturated rings. The van der Waals surface area contributed by atoms with Crippen molar-refractivity contribution in [2.75, 3.05) is 0 Å². The van der Waals surface area contributed by atoms with Crippen molar-refractivity contribution in [1.82, 2.24) is 0 Å². The van der Waals surface area contributed by atoms with Crippen molar-refractivity contribution >= 4 is 17.1 Å². The Labute approximate surface area is 124 Å². The molecule has 0 radical (unpaired) electrons. The van der Waals surface area contributed by atoms with Gasteiger partial charge in [0.25, 0.3) is 0 Å². The minimum atomic E-state index is 0.323. The third-order valence-corrected chi connectivity index (χ3v) is 5.15. The summed E-state index contributed by atoms with van der Waals surface area (Å²) >= 11 is 1.78. The Morgan fingerprint density at radius 1 is 1.15 bits per heavy atom. The normalized spacial score (nSPS) is 15.0. The van der Waals surface area contributed by atoms with Crippen molar-refractivity contribution in [3.63, 3.8) is 0 Å². The molecule has 0 bridgehead atoms. The number of carbonyl (C=O) groups excluding carboxylic acids is 1. The molecule has 1 heterocycles. The number of benzene rings is 1. The number of rotatable bonds is 6.